The summed E-state index contributed by atoms with van der Waals surface area (Å²) in [6.45, 7) is 0. The van der Waals surface area contributed by atoms with Crippen molar-refractivity contribution in [2.45, 2.75) is 24.6 Å². The molecule has 0 aliphatic heterocycles. The van der Waals surface area contributed by atoms with E-state index in [4.69, 9.17) is 10.9 Å². The monoisotopic (exact) mass is 331 g/mol. The Balaban J connectivity index is 1.71. The fraction of sp³-hybridized carbons (Fsp3) is 0.250. The molecule has 1 aliphatic rings. The quantitative estimate of drug-likeness (QED) is 0.496. The number of benzene rings is 1. The predicted octanol–water partition coefficient (Wildman–Crippen LogP) is 1.03. The van der Waals surface area contributed by atoms with Gasteiger partial charge in [0.1, 0.15) is 11.8 Å². The third-order valence-electron chi connectivity index (χ3n) is 3.90. The van der Waals surface area contributed by atoms with E-state index in [9.17, 15) is 9.90 Å². The summed E-state index contributed by atoms with van der Waals surface area (Å²) in [7, 11) is 0. The average Bonchev–Trinajstić information content (AvgIpc) is 3.11. The van der Waals surface area contributed by atoms with Gasteiger partial charge < -0.3 is 21.4 Å². The van der Waals surface area contributed by atoms with Crippen molar-refractivity contribution >= 4 is 23.0 Å². The molecule has 0 fully saturated rings. The summed E-state index contributed by atoms with van der Waals surface area (Å²) >= 11 is 1.36. The molecule has 7 heteroatoms. The van der Waals surface area contributed by atoms with Gasteiger partial charge in [-0.1, -0.05) is 35.5 Å². The van der Waals surface area contributed by atoms with Crippen molar-refractivity contribution in [2.24, 2.45) is 10.9 Å². The fourth-order valence-corrected chi connectivity index (χ4v) is 3.68. The summed E-state index contributed by atoms with van der Waals surface area (Å²) in [5, 5.41) is 27.0. The first-order chi connectivity index (χ1) is 11.1. The van der Waals surface area contributed by atoms with Crippen LogP contribution in [0.3, 0.4) is 0 Å². The third kappa shape index (κ3) is 2.98. The van der Waals surface area contributed by atoms with E-state index < -0.39 is 18.2 Å². The molecule has 120 valence electrons. The number of rotatable bonds is 4. The van der Waals surface area contributed by atoms with E-state index in [1.165, 1.54) is 11.3 Å². The molecule has 0 radical (unpaired) electrons. The largest absolute Gasteiger partial charge is 0.411 e. The zero-order valence-corrected chi connectivity index (χ0v) is 13.0. The molecule has 6 nitrogen and oxygen atoms in total. The molecule has 0 saturated carbocycles. The third-order valence-corrected chi connectivity index (χ3v) is 4.85. The predicted molar refractivity (Wildman–Crippen MR) is 87.7 cm³/mol. The van der Waals surface area contributed by atoms with Crippen LogP contribution in [0.4, 0.5) is 0 Å². The van der Waals surface area contributed by atoms with Crippen LogP contribution in [0.5, 0.6) is 0 Å². The first kappa shape index (κ1) is 15.7. The number of nitrogens with two attached hydrogens (primary N) is 1. The second-order valence-corrected chi connectivity index (χ2v) is 6.33. The molecular formula is C16H17N3O3S. The van der Waals surface area contributed by atoms with Gasteiger partial charge in [-0.15, -0.1) is 11.3 Å². The Bertz CT molecular complexity index is 729. The van der Waals surface area contributed by atoms with E-state index in [2.05, 4.69) is 10.5 Å². The Labute approximate surface area is 137 Å². The van der Waals surface area contributed by atoms with Crippen molar-refractivity contribution in [2.75, 3.05) is 0 Å². The number of hydrogen-bond acceptors (Lipinski definition) is 6. The molecule has 1 unspecified atom stereocenters. The molecule has 23 heavy (non-hydrogen) atoms. The van der Waals surface area contributed by atoms with Crippen molar-refractivity contribution in [3.8, 4) is 0 Å². The normalized spacial score (nSPS) is 22.8. The minimum atomic E-state index is -1.07. The van der Waals surface area contributed by atoms with Gasteiger partial charge in [-0.2, -0.15) is 0 Å². The second-order valence-electron chi connectivity index (χ2n) is 5.42. The van der Waals surface area contributed by atoms with Crippen molar-refractivity contribution < 1.29 is 15.1 Å². The maximum absolute atomic E-state index is 12.3. The van der Waals surface area contributed by atoms with E-state index in [0.717, 1.165) is 11.1 Å². The van der Waals surface area contributed by atoms with Gasteiger partial charge in [-0.05, 0) is 29.0 Å². The van der Waals surface area contributed by atoms with Crippen LogP contribution in [0, 0.1) is 0 Å². The number of fused-ring (bicyclic) bond motifs is 1. The zero-order chi connectivity index (χ0) is 16.4. The van der Waals surface area contributed by atoms with E-state index in [0.29, 0.717) is 11.3 Å². The van der Waals surface area contributed by atoms with Crippen LogP contribution >= 0.6 is 11.3 Å². The molecule has 1 aliphatic carbocycles. The number of aliphatic hydroxyl groups excluding tert-OH is 1. The van der Waals surface area contributed by atoms with Gasteiger partial charge >= 0.3 is 0 Å². The minimum absolute atomic E-state index is 0.178. The standard InChI is InChI=1S/C16H17N3O3S/c17-11(8-9-4-2-1-3-5-9)16(21)18-12-10-6-7-23-15(10)13(19-22)14(12)20/h1-7,11-12,14,20,22H,8,17H2,(H,18,21)/b19-13+/t11?,12-,14-/m0/s1. The topological polar surface area (TPSA) is 108 Å². The van der Waals surface area contributed by atoms with E-state index in [1.807, 2.05) is 35.7 Å². The van der Waals surface area contributed by atoms with Gasteiger partial charge in [-0.25, -0.2) is 0 Å². The van der Waals surface area contributed by atoms with Gasteiger partial charge in [-0.3, -0.25) is 4.79 Å². The summed E-state index contributed by atoms with van der Waals surface area (Å²) in [4.78, 5) is 13.0. The van der Waals surface area contributed by atoms with E-state index in [-0.39, 0.29) is 11.6 Å². The number of amides is 1. The van der Waals surface area contributed by atoms with E-state index in [1.54, 1.807) is 6.07 Å². The highest BCUT2D eigenvalue weighted by atomic mass is 32.1. The molecule has 1 aromatic carbocycles. The molecule has 0 saturated heterocycles. The Morgan fingerprint density at radius 1 is 1.35 bits per heavy atom. The van der Waals surface area contributed by atoms with Gasteiger partial charge in [0.2, 0.25) is 5.91 Å². The van der Waals surface area contributed by atoms with Crippen molar-refractivity contribution in [3.63, 3.8) is 0 Å². The van der Waals surface area contributed by atoms with Gasteiger partial charge in [0.25, 0.3) is 0 Å². The molecule has 3 rings (SSSR count). The fourth-order valence-electron chi connectivity index (χ4n) is 2.72. The van der Waals surface area contributed by atoms with Gasteiger partial charge in [0, 0.05) is 0 Å². The van der Waals surface area contributed by atoms with Crippen LogP contribution in [0.15, 0.2) is 46.9 Å². The van der Waals surface area contributed by atoms with Crippen LogP contribution in [0.25, 0.3) is 0 Å². The summed E-state index contributed by atoms with van der Waals surface area (Å²) in [6, 6.07) is 9.94. The maximum atomic E-state index is 12.3. The van der Waals surface area contributed by atoms with Crippen LogP contribution in [-0.2, 0) is 11.2 Å². The van der Waals surface area contributed by atoms with Crippen molar-refractivity contribution in [1.82, 2.24) is 5.32 Å². The Hall–Kier alpha value is -2.22. The Morgan fingerprint density at radius 3 is 2.78 bits per heavy atom. The lowest BCUT2D eigenvalue weighted by Crippen LogP contribution is -2.46. The van der Waals surface area contributed by atoms with Crippen LogP contribution < -0.4 is 11.1 Å². The van der Waals surface area contributed by atoms with Crippen molar-refractivity contribution in [1.29, 1.82) is 0 Å². The number of hydrogen-bond donors (Lipinski definition) is 4. The summed E-state index contributed by atoms with van der Waals surface area (Å²) in [6.07, 6.45) is -0.664. The number of oxime groups is 1. The first-order valence-corrected chi connectivity index (χ1v) is 8.07. The number of aliphatic hydroxyl groups is 1. The molecule has 3 atom stereocenters. The molecule has 5 N–H and O–H groups in total. The lowest BCUT2D eigenvalue weighted by Gasteiger charge is -2.20. The van der Waals surface area contributed by atoms with Crippen LogP contribution in [0.2, 0.25) is 0 Å². The van der Waals surface area contributed by atoms with Gasteiger partial charge in [0.05, 0.1) is 17.0 Å². The smallest absolute Gasteiger partial charge is 0.237 e. The molecule has 0 bridgehead atoms. The lowest BCUT2D eigenvalue weighted by atomic mass is 10.0. The summed E-state index contributed by atoms with van der Waals surface area (Å²) in [5.74, 6) is -0.353. The molecule has 1 aromatic heterocycles. The minimum Gasteiger partial charge on any atom is -0.411 e. The lowest BCUT2D eigenvalue weighted by molar-refractivity contribution is -0.123. The van der Waals surface area contributed by atoms with Crippen molar-refractivity contribution in [3.05, 3.63) is 57.8 Å². The highest BCUT2D eigenvalue weighted by Gasteiger charge is 2.39. The molecule has 1 amide bonds. The Kier molecular flexibility index (Phi) is 4.42. The summed E-state index contributed by atoms with van der Waals surface area (Å²) < 4.78 is 0. The Morgan fingerprint density at radius 2 is 2.09 bits per heavy atom. The molecule has 2 aromatic rings. The summed E-state index contributed by atoms with van der Waals surface area (Å²) in [5.41, 5.74) is 7.86. The van der Waals surface area contributed by atoms with Crippen LogP contribution in [-0.4, -0.2) is 34.1 Å². The molecular weight excluding hydrogens is 314 g/mol. The molecule has 1 heterocycles. The first-order valence-electron chi connectivity index (χ1n) is 7.19. The SMILES string of the molecule is NC(Cc1ccccc1)C(=O)N[C@H]1c2ccsc2/C(=N/O)[C@H]1O. The second kappa shape index (κ2) is 6.49. The number of carbonyl (C=O) groups is 1. The number of carbonyl (C=O) groups excluding carboxylic acids is 1. The highest BCUT2D eigenvalue weighted by Crippen LogP contribution is 2.35. The van der Waals surface area contributed by atoms with Crippen LogP contribution in [0.1, 0.15) is 22.0 Å². The average molecular weight is 331 g/mol. The maximum Gasteiger partial charge on any atom is 0.237 e. The molecule has 0 spiro atoms. The highest BCUT2D eigenvalue weighted by molar-refractivity contribution is 7.12. The zero-order valence-electron chi connectivity index (χ0n) is 12.2. The number of nitrogens with zero attached hydrogens (tertiary/aromatic N) is 1. The van der Waals surface area contributed by atoms with Gasteiger partial charge in [0.15, 0.2) is 0 Å². The number of nitrogens with one attached hydrogen (secondary N) is 1. The number of thiophene rings is 1. The van der Waals surface area contributed by atoms with E-state index >= 15 is 0 Å².